The topological polar surface area (TPSA) is 98.3 Å². The van der Waals surface area contributed by atoms with Crippen molar-refractivity contribution in [1.82, 2.24) is 0 Å². The van der Waals surface area contributed by atoms with Crippen LogP contribution < -0.4 is 0 Å². The van der Waals surface area contributed by atoms with Crippen molar-refractivity contribution in [1.29, 1.82) is 0 Å². The Morgan fingerprint density at radius 2 is 2.05 bits per heavy atom. The Labute approximate surface area is 127 Å². The zero-order valence-electron chi connectivity index (χ0n) is 12.8. The number of oxime groups is 1. The number of hydrogen-bond donors (Lipinski definition) is 1. The lowest BCUT2D eigenvalue weighted by Crippen LogP contribution is -2.50. The van der Waals surface area contributed by atoms with E-state index in [-0.39, 0.29) is 11.5 Å². The van der Waals surface area contributed by atoms with Crippen LogP contribution in [-0.4, -0.2) is 34.0 Å². The number of aliphatic carboxylic acids is 1. The van der Waals surface area contributed by atoms with E-state index in [1.165, 1.54) is 12.3 Å². The van der Waals surface area contributed by atoms with Gasteiger partial charge in [0.1, 0.15) is 5.60 Å². The summed E-state index contributed by atoms with van der Waals surface area (Å²) in [5.41, 5.74) is -2.25. The lowest BCUT2D eigenvalue weighted by molar-refractivity contribution is -0.196. The summed E-state index contributed by atoms with van der Waals surface area (Å²) >= 11 is 0. The minimum absolute atomic E-state index is 0.0613. The van der Waals surface area contributed by atoms with Crippen molar-refractivity contribution in [2.45, 2.75) is 51.2 Å². The Morgan fingerprint density at radius 1 is 1.36 bits per heavy atom. The lowest BCUT2D eigenvalue weighted by Gasteiger charge is -2.38. The number of carbonyl (C=O) groups excluding carboxylic acids is 1. The van der Waals surface area contributed by atoms with Gasteiger partial charge in [0.15, 0.2) is 5.76 Å². The van der Waals surface area contributed by atoms with Gasteiger partial charge in [-0.25, -0.2) is 9.59 Å². The molecule has 2 rings (SSSR count). The molecule has 1 aliphatic carbocycles. The predicted octanol–water partition coefficient (Wildman–Crippen LogP) is 2.35. The SMILES string of the molecule is CC(C)(C)OC(=O)C1(O/N=C(\C(=O)O)c2ccco2)CCC1. The second-order valence-corrected chi connectivity index (χ2v) is 6.16. The van der Waals surface area contributed by atoms with E-state index in [9.17, 15) is 14.7 Å². The van der Waals surface area contributed by atoms with Crippen LogP contribution in [0.1, 0.15) is 45.8 Å². The number of carboxylic acid groups (broad SMARTS) is 1. The minimum atomic E-state index is -1.30. The van der Waals surface area contributed by atoms with Gasteiger partial charge in [-0.15, -0.1) is 0 Å². The summed E-state index contributed by atoms with van der Waals surface area (Å²) in [6, 6.07) is 3.00. The van der Waals surface area contributed by atoms with Gasteiger partial charge in [0, 0.05) is 12.8 Å². The first kappa shape index (κ1) is 16.1. The number of ether oxygens (including phenoxy) is 1. The summed E-state index contributed by atoms with van der Waals surface area (Å²) in [5.74, 6) is -1.76. The summed E-state index contributed by atoms with van der Waals surface area (Å²) in [6.45, 7) is 5.27. The first-order valence-corrected chi connectivity index (χ1v) is 7.00. The van der Waals surface area contributed by atoms with E-state index >= 15 is 0 Å². The molecule has 1 fully saturated rings. The van der Waals surface area contributed by atoms with Gasteiger partial charge in [-0.2, -0.15) is 0 Å². The fraction of sp³-hybridized carbons (Fsp3) is 0.533. The molecule has 0 saturated heterocycles. The molecule has 0 bridgehead atoms. The van der Waals surface area contributed by atoms with Crippen LogP contribution in [0, 0.1) is 0 Å². The highest BCUT2D eigenvalue weighted by molar-refractivity contribution is 6.41. The maximum atomic E-state index is 12.2. The van der Waals surface area contributed by atoms with Gasteiger partial charge >= 0.3 is 11.9 Å². The smallest absolute Gasteiger partial charge is 0.361 e. The second-order valence-electron chi connectivity index (χ2n) is 6.16. The van der Waals surface area contributed by atoms with Crippen molar-refractivity contribution >= 4 is 17.7 Å². The van der Waals surface area contributed by atoms with E-state index in [4.69, 9.17) is 14.0 Å². The normalized spacial score (nSPS) is 17.5. The maximum absolute atomic E-state index is 12.2. The standard InChI is InChI=1S/C15H19NO6/c1-14(2,3)21-13(19)15(7-5-8-15)22-16-11(12(17)18)10-6-4-9-20-10/h4,6,9H,5,7-8H2,1-3H3,(H,17,18)/b16-11-. The fourth-order valence-corrected chi connectivity index (χ4v) is 1.94. The van der Waals surface area contributed by atoms with Crippen molar-refractivity contribution in [3.8, 4) is 0 Å². The van der Waals surface area contributed by atoms with E-state index in [1.54, 1.807) is 26.8 Å². The van der Waals surface area contributed by atoms with Gasteiger partial charge in [-0.3, -0.25) is 0 Å². The molecule has 0 amide bonds. The van der Waals surface area contributed by atoms with Crippen LogP contribution in [0.25, 0.3) is 0 Å². The summed E-state index contributed by atoms with van der Waals surface area (Å²) in [4.78, 5) is 28.8. The van der Waals surface area contributed by atoms with Gasteiger partial charge in [-0.05, 0) is 39.3 Å². The van der Waals surface area contributed by atoms with Crippen LogP contribution in [0.15, 0.2) is 28.0 Å². The van der Waals surface area contributed by atoms with E-state index in [0.29, 0.717) is 12.8 Å². The van der Waals surface area contributed by atoms with Crippen LogP contribution >= 0.6 is 0 Å². The van der Waals surface area contributed by atoms with E-state index in [2.05, 4.69) is 5.16 Å². The Balaban J connectivity index is 2.17. The molecular weight excluding hydrogens is 290 g/mol. The van der Waals surface area contributed by atoms with Gasteiger partial charge < -0.3 is 19.1 Å². The van der Waals surface area contributed by atoms with E-state index in [1.807, 2.05) is 0 Å². The Hall–Kier alpha value is -2.31. The Kier molecular flexibility index (Phi) is 4.25. The molecule has 1 heterocycles. The Bertz CT molecular complexity index is 578. The van der Waals surface area contributed by atoms with Crippen molar-refractivity contribution in [2.75, 3.05) is 0 Å². The summed E-state index contributed by atoms with van der Waals surface area (Å²) < 4.78 is 10.3. The number of rotatable bonds is 5. The molecule has 0 aromatic carbocycles. The molecule has 7 nitrogen and oxygen atoms in total. The molecule has 0 atom stereocenters. The molecular formula is C15H19NO6. The zero-order valence-corrected chi connectivity index (χ0v) is 12.8. The van der Waals surface area contributed by atoms with Crippen LogP contribution in [0.2, 0.25) is 0 Å². The largest absolute Gasteiger partial charge is 0.476 e. The number of esters is 1. The van der Waals surface area contributed by atoms with Crippen LogP contribution in [0.5, 0.6) is 0 Å². The average molecular weight is 309 g/mol. The fourth-order valence-electron chi connectivity index (χ4n) is 1.94. The van der Waals surface area contributed by atoms with Crippen LogP contribution in [0.4, 0.5) is 0 Å². The summed E-state index contributed by atoms with van der Waals surface area (Å²) in [5, 5.41) is 12.8. The van der Waals surface area contributed by atoms with Crippen LogP contribution in [0.3, 0.4) is 0 Å². The monoisotopic (exact) mass is 309 g/mol. The summed E-state index contributed by atoms with van der Waals surface area (Å²) in [6.07, 6.45) is 3.01. The van der Waals surface area contributed by atoms with E-state index < -0.39 is 23.1 Å². The molecule has 1 aromatic rings. The average Bonchev–Trinajstić information content (AvgIpc) is 2.82. The van der Waals surface area contributed by atoms with Crippen molar-refractivity contribution in [2.24, 2.45) is 5.16 Å². The number of carbonyl (C=O) groups is 2. The quantitative estimate of drug-likeness (QED) is 0.509. The molecule has 120 valence electrons. The third-order valence-corrected chi connectivity index (χ3v) is 3.20. The first-order chi connectivity index (χ1) is 10.2. The summed E-state index contributed by atoms with van der Waals surface area (Å²) in [7, 11) is 0. The van der Waals surface area contributed by atoms with Gasteiger partial charge in [0.2, 0.25) is 11.3 Å². The highest BCUT2D eigenvalue weighted by atomic mass is 16.7. The van der Waals surface area contributed by atoms with Crippen LogP contribution in [-0.2, 0) is 19.2 Å². The first-order valence-electron chi connectivity index (χ1n) is 7.00. The molecule has 7 heteroatoms. The predicted molar refractivity (Wildman–Crippen MR) is 76.4 cm³/mol. The van der Waals surface area contributed by atoms with Crippen molar-refractivity contribution in [3.63, 3.8) is 0 Å². The molecule has 1 aromatic heterocycles. The molecule has 0 radical (unpaired) electrons. The van der Waals surface area contributed by atoms with Crippen molar-refractivity contribution < 1.29 is 28.7 Å². The molecule has 0 spiro atoms. The maximum Gasteiger partial charge on any atom is 0.361 e. The highest BCUT2D eigenvalue weighted by Gasteiger charge is 2.50. The number of hydrogen-bond acceptors (Lipinski definition) is 6. The zero-order chi connectivity index (χ0) is 16.4. The third kappa shape index (κ3) is 3.47. The number of furan rings is 1. The van der Waals surface area contributed by atoms with Gasteiger partial charge in [0.25, 0.3) is 0 Å². The minimum Gasteiger partial charge on any atom is -0.476 e. The second kappa shape index (κ2) is 5.82. The molecule has 0 aliphatic heterocycles. The van der Waals surface area contributed by atoms with Gasteiger partial charge in [0.05, 0.1) is 6.26 Å². The Morgan fingerprint density at radius 3 is 2.45 bits per heavy atom. The van der Waals surface area contributed by atoms with Crippen molar-refractivity contribution in [3.05, 3.63) is 24.2 Å². The molecule has 1 saturated carbocycles. The lowest BCUT2D eigenvalue weighted by atomic mass is 9.80. The highest BCUT2D eigenvalue weighted by Crippen LogP contribution is 2.38. The van der Waals surface area contributed by atoms with Gasteiger partial charge in [-0.1, -0.05) is 5.16 Å². The van der Waals surface area contributed by atoms with E-state index in [0.717, 1.165) is 6.42 Å². The number of nitrogens with zero attached hydrogens (tertiary/aromatic N) is 1. The molecule has 1 aliphatic rings. The molecule has 22 heavy (non-hydrogen) atoms. The molecule has 0 unspecified atom stereocenters. The number of carboxylic acids is 1. The molecule has 1 N–H and O–H groups in total. The third-order valence-electron chi connectivity index (χ3n) is 3.20.